The number of unbranched alkanes of at least 4 members (excludes halogenated alkanes) is 8. The number of halogens is 1. The Morgan fingerprint density at radius 3 is 1.85 bits per heavy atom. The Labute approximate surface area is 164 Å². The molecule has 0 radical (unpaired) electrons. The predicted octanol–water partition coefficient (Wildman–Crippen LogP) is 7.60. The summed E-state index contributed by atoms with van der Waals surface area (Å²) in [6.45, 7) is 2.55. The average Bonchev–Trinajstić information content (AvgIpc) is 2.70. The summed E-state index contributed by atoms with van der Waals surface area (Å²) in [6, 6.07) is 16.7. The molecule has 0 bridgehead atoms. The average molecular weight is 390 g/mol. The number of hydrogen-bond acceptors (Lipinski definition) is 2. The van der Waals surface area contributed by atoms with Gasteiger partial charge < -0.3 is 0 Å². The van der Waals surface area contributed by atoms with Crippen LogP contribution in [0.1, 0.15) is 64.7 Å². The second kappa shape index (κ2) is 11.9. The molecule has 0 heterocycles. The van der Waals surface area contributed by atoms with Crippen molar-refractivity contribution in [3.05, 3.63) is 54.6 Å². The van der Waals surface area contributed by atoms with Crippen molar-refractivity contribution >= 4 is 10.1 Å². The van der Waals surface area contributed by atoms with Gasteiger partial charge in [0.15, 0.2) is 0 Å². The molecule has 0 fully saturated rings. The Balaban J connectivity index is 1.75. The van der Waals surface area contributed by atoms with Crippen LogP contribution in [0.3, 0.4) is 0 Å². The number of rotatable bonds is 12. The molecule has 0 amide bonds. The van der Waals surface area contributed by atoms with Crippen molar-refractivity contribution < 1.29 is 8.09 Å². The summed E-state index contributed by atoms with van der Waals surface area (Å²) >= 11 is 0. The summed E-state index contributed by atoms with van der Waals surface area (Å²) in [5, 5.41) is 0. The molecule has 0 unspecified atom stereocenters. The van der Waals surface area contributed by atoms with Crippen LogP contribution in [0.5, 0.6) is 0 Å². The first kappa shape index (κ1) is 21.6. The Kier molecular flexibility index (Phi) is 9.54. The summed E-state index contributed by atoms with van der Waals surface area (Å²) in [7, 11) is -3.79. The highest BCUT2D eigenvalue weighted by Crippen LogP contribution is 2.23. The van der Waals surface area contributed by atoms with E-state index in [-0.39, 0.29) is 4.90 Å². The first-order chi connectivity index (χ1) is 13.1. The summed E-state index contributed by atoms with van der Waals surface area (Å²) in [5.41, 5.74) is 2.04. The maximum Gasteiger partial charge on any atom is 0.230 e. The number of hydrogen-bond donors (Lipinski definition) is 0. The van der Waals surface area contributed by atoms with E-state index in [1.807, 2.05) is 30.3 Å². The van der Waals surface area contributed by atoms with Crippen LogP contribution in [0, 0.1) is 0 Å². The molecule has 0 saturated heterocycles. The highest BCUT2D eigenvalue weighted by molar-refractivity contribution is 7.88. The van der Waals surface area contributed by atoms with E-state index in [4.69, 9.17) is 0 Å². The third kappa shape index (κ3) is 7.84. The van der Waals surface area contributed by atoms with E-state index in [1.54, 1.807) is 24.3 Å². The third-order valence-corrected chi connectivity index (χ3v) is 6.14. The first-order valence-corrected chi connectivity index (χ1v) is 11.6. The van der Waals surface area contributed by atoms with Gasteiger partial charge >= 0.3 is 0 Å². The lowest BCUT2D eigenvalue weighted by Gasteiger charge is -2.05. The second-order valence-electron chi connectivity index (χ2n) is 7.03. The minimum Gasteiger partial charge on any atom is -0.211 e. The van der Waals surface area contributed by atoms with Crippen LogP contribution in [0.25, 0.3) is 11.1 Å². The fourth-order valence-electron chi connectivity index (χ4n) is 3.12. The highest BCUT2D eigenvalue weighted by Gasteiger charge is 2.10. The van der Waals surface area contributed by atoms with Gasteiger partial charge in [0.25, 0.3) is 0 Å². The van der Waals surface area contributed by atoms with Gasteiger partial charge in [0.2, 0.25) is 10.1 Å². The Bertz CT molecular complexity index is 765. The van der Waals surface area contributed by atoms with Gasteiger partial charge in [-0.3, -0.25) is 0 Å². The van der Waals surface area contributed by atoms with Crippen LogP contribution >= 0.6 is 0 Å². The van der Waals surface area contributed by atoms with Crippen LogP contribution in [0.4, 0.5) is 3.89 Å². The topological polar surface area (TPSA) is 29.4 Å². The van der Waals surface area contributed by atoms with E-state index in [2.05, 4.69) is 11.3 Å². The molecule has 0 spiro atoms. The van der Waals surface area contributed by atoms with Crippen molar-refractivity contribution in [3.63, 3.8) is 0 Å². The van der Waals surface area contributed by atoms with Gasteiger partial charge in [0.05, 0.1) is 11.4 Å². The van der Waals surface area contributed by atoms with Gasteiger partial charge in [0, 0.05) is 0 Å². The number of benzene rings is 2. The largest absolute Gasteiger partial charge is 0.230 e. The molecule has 2 nitrogen and oxygen atoms in total. The summed E-state index contributed by atoms with van der Waals surface area (Å²) in [6.07, 6.45) is 10.8. The minimum absolute atomic E-state index is 0.165. The van der Waals surface area contributed by atoms with Gasteiger partial charge in [-0.25, -0.2) is 8.57 Å². The van der Waals surface area contributed by atoms with Crippen LogP contribution < -0.4 is 0 Å². The molecule has 0 aliphatic heterocycles. The Morgan fingerprint density at radius 2 is 1.26 bits per heavy atom. The molecule has 2 aromatic rings. The lowest BCUT2D eigenvalue weighted by atomic mass is 10.1. The summed E-state index contributed by atoms with van der Waals surface area (Å²) < 4.78 is 30.6. The molecule has 0 N–H and O–H groups in total. The maximum atomic E-state index is 14.5. The van der Waals surface area contributed by atoms with E-state index in [0.29, 0.717) is 6.54 Å². The lowest BCUT2D eigenvalue weighted by molar-refractivity contribution is 0.566. The molecule has 0 saturated carbocycles. The monoisotopic (exact) mass is 389 g/mol. The van der Waals surface area contributed by atoms with Crippen molar-refractivity contribution in [1.82, 2.24) is 0 Å². The molecule has 4 heteroatoms. The quantitative estimate of drug-likeness (QED) is 0.271. The molecule has 0 aromatic heterocycles. The SMILES string of the molecule is CCCCCCCCCCCN=[S@](=O)(F)c1ccc(-c2ccccc2)cc1. The molecule has 0 aliphatic rings. The lowest BCUT2D eigenvalue weighted by Crippen LogP contribution is -1.95. The molecule has 2 aromatic carbocycles. The first-order valence-electron chi connectivity index (χ1n) is 10.2. The van der Waals surface area contributed by atoms with E-state index >= 15 is 0 Å². The van der Waals surface area contributed by atoms with E-state index in [0.717, 1.165) is 30.4 Å². The van der Waals surface area contributed by atoms with Crippen LogP contribution in [0.15, 0.2) is 63.9 Å². The molecule has 0 aliphatic carbocycles. The van der Waals surface area contributed by atoms with Crippen LogP contribution in [-0.2, 0) is 10.1 Å². The van der Waals surface area contributed by atoms with Gasteiger partial charge in [0.1, 0.15) is 0 Å². The minimum atomic E-state index is -3.79. The van der Waals surface area contributed by atoms with Gasteiger partial charge in [-0.15, -0.1) is 3.89 Å². The van der Waals surface area contributed by atoms with Crippen LogP contribution in [0.2, 0.25) is 0 Å². The summed E-state index contributed by atoms with van der Waals surface area (Å²) in [5.74, 6) is 0. The van der Waals surface area contributed by atoms with Gasteiger partial charge in [-0.05, 0) is 29.7 Å². The van der Waals surface area contributed by atoms with Crippen LogP contribution in [-0.4, -0.2) is 10.8 Å². The standard InChI is InChI=1S/C23H32FNOS/c1-2-3-4-5-6-7-8-9-13-20-25-27(24,26)23-18-16-22(17-19-23)21-14-11-10-12-15-21/h10-12,14-19H,2-9,13,20H2,1H3/t27-/m1/s1. The predicted molar refractivity (Wildman–Crippen MR) is 114 cm³/mol. The zero-order chi connectivity index (χ0) is 19.4. The molecule has 27 heavy (non-hydrogen) atoms. The van der Waals surface area contributed by atoms with Crippen molar-refractivity contribution in [3.8, 4) is 11.1 Å². The molecule has 1 atom stereocenters. The Morgan fingerprint density at radius 1 is 0.741 bits per heavy atom. The number of nitrogens with zero attached hydrogens (tertiary/aromatic N) is 1. The van der Waals surface area contributed by atoms with Crippen molar-refractivity contribution in [1.29, 1.82) is 0 Å². The van der Waals surface area contributed by atoms with E-state index in [1.165, 1.54) is 38.5 Å². The van der Waals surface area contributed by atoms with Crippen molar-refractivity contribution in [2.24, 2.45) is 4.36 Å². The zero-order valence-corrected chi connectivity index (χ0v) is 17.2. The highest BCUT2D eigenvalue weighted by atomic mass is 32.3. The van der Waals surface area contributed by atoms with Gasteiger partial charge in [-0.2, -0.15) is 0 Å². The maximum absolute atomic E-state index is 14.5. The molecule has 2 rings (SSSR count). The fraction of sp³-hybridized carbons (Fsp3) is 0.478. The smallest absolute Gasteiger partial charge is 0.211 e. The summed E-state index contributed by atoms with van der Waals surface area (Å²) in [4.78, 5) is 0.165. The molecular weight excluding hydrogens is 357 g/mol. The van der Waals surface area contributed by atoms with E-state index < -0.39 is 10.1 Å². The van der Waals surface area contributed by atoms with Gasteiger partial charge in [-0.1, -0.05) is 101 Å². The Hall–Kier alpha value is -1.68. The second-order valence-corrected chi connectivity index (χ2v) is 8.68. The zero-order valence-electron chi connectivity index (χ0n) is 16.4. The van der Waals surface area contributed by atoms with Crippen molar-refractivity contribution in [2.45, 2.75) is 69.6 Å². The van der Waals surface area contributed by atoms with E-state index in [9.17, 15) is 8.09 Å². The third-order valence-electron chi connectivity index (χ3n) is 4.77. The van der Waals surface area contributed by atoms with Crippen molar-refractivity contribution in [2.75, 3.05) is 6.54 Å². The molecular formula is C23H32FNOS. The normalized spacial score (nSPS) is 13.3. The molecule has 148 valence electrons. The fourth-order valence-corrected chi connectivity index (χ4v) is 4.11.